The third-order valence-corrected chi connectivity index (χ3v) is 3.60. The summed E-state index contributed by atoms with van der Waals surface area (Å²) < 4.78 is 0. The van der Waals surface area contributed by atoms with E-state index in [-0.39, 0.29) is 0 Å². The topological polar surface area (TPSA) is 63.8 Å². The molecule has 96 valence electrons. The zero-order chi connectivity index (χ0) is 13.0. The van der Waals surface area contributed by atoms with Crippen molar-refractivity contribution in [3.05, 3.63) is 24.5 Å². The smallest absolute Gasteiger partial charge is 0.137 e. The van der Waals surface area contributed by atoms with Crippen LogP contribution in [0.1, 0.15) is 13.3 Å². The summed E-state index contributed by atoms with van der Waals surface area (Å²) in [6.07, 6.45) is 4.77. The van der Waals surface area contributed by atoms with Gasteiger partial charge in [0, 0.05) is 22.9 Å². The first kappa shape index (κ1) is 13.0. The number of thioether (sulfide) groups is 1. The molecule has 0 aliphatic carbocycles. The highest BCUT2D eigenvalue weighted by atomic mass is 32.2. The molecule has 2 rings (SSSR count). The van der Waals surface area contributed by atoms with Crippen molar-refractivity contribution in [2.24, 2.45) is 0 Å². The maximum absolute atomic E-state index is 5.83. The van der Waals surface area contributed by atoms with Gasteiger partial charge in [0.2, 0.25) is 0 Å². The lowest BCUT2D eigenvalue weighted by molar-refractivity contribution is 0.771. The summed E-state index contributed by atoms with van der Waals surface area (Å²) in [4.78, 5) is 8.58. The molecule has 1 aromatic carbocycles. The zero-order valence-electron chi connectivity index (χ0n) is 10.7. The highest BCUT2D eigenvalue weighted by Gasteiger charge is 2.09. The van der Waals surface area contributed by atoms with Gasteiger partial charge in [-0.3, -0.25) is 0 Å². The summed E-state index contributed by atoms with van der Waals surface area (Å²) in [6, 6.07) is 6.12. The number of rotatable bonds is 5. The van der Waals surface area contributed by atoms with Crippen LogP contribution < -0.4 is 11.1 Å². The van der Waals surface area contributed by atoms with E-state index in [1.807, 2.05) is 30.0 Å². The van der Waals surface area contributed by atoms with E-state index in [1.165, 1.54) is 0 Å². The molecule has 1 heterocycles. The standard InChI is InChI=1S/C13H18N4S/c1-3-10(7-18-2)17-13-11-6-9(14)4-5-12(11)15-8-16-13/h4-6,8,10H,3,7,14H2,1-2H3,(H,15,16,17). The van der Waals surface area contributed by atoms with Crippen LogP contribution >= 0.6 is 11.8 Å². The number of nitrogens with zero attached hydrogens (tertiary/aromatic N) is 2. The van der Waals surface area contributed by atoms with E-state index in [0.29, 0.717) is 6.04 Å². The van der Waals surface area contributed by atoms with Crippen LogP contribution in [-0.2, 0) is 0 Å². The molecule has 0 amide bonds. The number of fused-ring (bicyclic) bond motifs is 1. The lowest BCUT2D eigenvalue weighted by Gasteiger charge is -2.17. The first-order valence-corrected chi connectivity index (χ1v) is 7.39. The summed E-state index contributed by atoms with van der Waals surface area (Å²) in [5.41, 5.74) is 7.48. The van der Waals surface area contributed by atoms with Crippen molar-refractivity contribution in [2.45, 2.75) is 19.4 Å². The molecule has 2 aromatic rings. The molecule has 0 spiro atoms. The van der Waals surface area contributed by atoms with Crippen LogP contribution in [0, 0.1) is 0 Å². The second-order valence-corrected chi connectivity index (χ2v) is 5.11. The van der Waals surface area contributed by atoms with Gasteiger partial charge in [0.05, 0.1) is 5.52 Å². The number of nitrogen functional groups attached to an aromatic ring is 1. The molecule has 3 N–H and O–H groups in total. The summed E-state index contributed by atoms with van der Waals surface area (Å²) in [5, 5.41) is 4.46. The maximum Gasteiger partial charge on any atom is 0.137 e. The van der Waals surface area contributed by atoms with Gasteiger partial charge in [0.15, 0.2) is 0 Å². The van der Waals surface area contributed by atoms with Gasteiger partial charge in [-0.15, -0.1) is 0 Å². The van der Waals surface area contributed by atoms with Gasteiger partial charge in [-0.05, 0) is 30.9 Å². The van der Waals surface area contributed by atoms with Crippen LogP contribution in [0.3, 0.4) is 0 Å². The van der Waals surface area contributed by atoms with E-state index in [4.69, 9.17) is 5.73 Å². The Hall–Kier alpha value is -1.49. The Morgan fingerprint density at radius 3 is 2.94 bits per heavy atom. The van der Waals surface area contributed by atoms with Gasteiger partial charge in [-0.2, -0.15) is 11.8 Å². The summed E-state index contributed by atoms with van der Waals surface area (Å²) >= 11 is 1.83. The number of nitrogens with two attached hydrogens (primary N) is 1. The van der Waals surface area contributed by atoms with Gasteiger partial charge < -0.3 is 11.1 Å². The van der Waals surface area contributed by atoms with Crippen molar-refractivity contribution in [3.63, 3.8) is 0 Å². The van der Waals surface area contributed by atoms with Crippen LogP contribution in [0.15, 0.2) is 24.5 Å². The molecule has 1 atom stereocenters. The average molecular weight is 262 g/mol. The Labute approximate surface area is 111 Å². The number of anilines is 2. The number of hydrogen-bond donors (Lipinski definition) is 2. The van der Waals surface area contributed by atoms with Crippen molar-refractivity contribution in [2.75, 3.05) is 23.1 Å². The fraction of sp³-hybridized carbons (Fsp3) is 0.385. The number of nitrogens with one attached hydrogen (secondary N) is 1. The second-order valence-electron chi connectivity index (χ2n) is 4.20. The van der Waals surface area contributed by atoms with Gasteiger partial charge in [0.1, 0.15) is 12.1 Å². The first-order chi connectivity index (χ1) is 8.74. The van der Waals surface area contributed by atoms with Crippen molar-refractivity contribution in [3.8, 4) is 0 Å². The van der Waals surface area contributed by atoms with Crippen LogP contribution in [0.2, 0.25) is 0 Å². The second kappa shape index (κ2) is 5.91. The van der Waals surface area contributed by atoms with Gasteiger partial charge in [-0.25, -0.2) is 9.97 Å². The largest absolute Gasteiger partial charge is 0.399 e. The first-order valence-electron chi connectivity index (χ1n) is 6.00. The molecule has 0 aliphatic rings. The van der Waals surface area contributed by atoms with Crippen molar-refractivity contribution >= 4 is 34.2 Å². The molecule has 0 bridgehead atoms. The van der Waals surface area contributed by atoms with E-state index in [1.54, 1.807) is 6.33 Å². The van der Waals surface area contributed by atoms with Crippen molar-refractivity contribution in [1.29, 1.82) is 0 Å². The van der Waals surface area contributed by atoms with Crippen LogP contribution in [0.5, 0.6) is 0 Å². The average Bonchev–Trinajstić information content (AvgIpc) is 2.38. The number of hydrogen-bond acceptors (Lipinski definition) is 5. The molecule has 0 fully saturated rings. The Morgan fingerprint density at radius 2 is 2.22 bits per heavy atom. The van der Waals surface area contributed by atoms with Crippen LogP contribution in [0.4, 0.5) is 11.5 Å². The molecule has 1 unspecified atom stereocenters. The third-order valence-electron chi connectivity index (χ3n) is 2.86. The third kappa shape index (κ3) is 2.85. The van der Waals surface area contributed by atoms with Gasteiger partial charge in [-0.1, -0.05) is 6.92 Å². The highest BCUT2D eigenvalue weighted by Crippen LogP contribution is 2.22. The van der Waals surface area contributed by atoms with E-state index in [9.17, 15) is 0 Å². The molecule has 0 saturated heterocycles. The van der Waals surface area contributed by atoms with Crippen LogP contribution in [0.25, 0.3) is 10.9 Å². The predicted molar refractivity (Wildman–Crippen MR) is 80.0 cm³/mol. The summed E-state index contributed by atoms with van der Waals surface area (Å²) in [6.45, 7) is 2.17. The molecule has 0 radical (unpaired) electrons. The van der Waals surface area contributed by atoms with Crippen molar-refractivity contribution in [1.82, 2.24) is 9.97 Å². The fourth-order valence-electron chi connectivity index (χ4n) is 1.85. The number of benzene rings is 1. The number of aromatic nitrogens is 2. The molecule has 18 heavy (non-hydrogen) atoms. The van der Waals surface area contributed by atoms with Gasteiger partial charge in [0.25, 0.3) is 0 Å². The van der Waals surface area contributed by atoms with E-state index in [0.717, 1.165) is 34.6 Å². The SMILES string of the molecule is CCC(CSC)Nc1ncnc2ccc(N)cc12. The lowest BCUT2D eigenvalue weighted by Crippen LogP contribution is -2.22. The summed E-state index contributed by atoms with van der Waals surface area (Å²) in [7, 11) is 0. The Morgan fingerprint density at radius 1 is 1.39 bits per heavy atom. The molecule has 4 nitrogen and oxygen atoms in total. The summed E-state index contributed by atoms with van der Waals surface area (Å²) in [5.74, 6) is 1.93. The maximum atomic E-state index is 5.83. The zero-order valence-corrected chi connectivity index (χ0v) is 11.5. The lowest BCUT2D eigenvalue weighted by atomic mass is 10.2. The van der Waals surface area contributed by atoms with E-state index < -0.39 is 0 Å². The normalized spacial score (nSPS) is 12.6. The van der Waals surface area contributed by atoms with E-state index in [2.05, 4.69) is 28.5 Å². The van der Waals surface area contributed by atoms with E-state index >= 15 is 0 Å². The quantitative estimate of drug-likeness (QED) is 0.811. The molecule has 5 heteroatoms. The Balaban J connectivity index is 2.34. The predicted octanol–water partition coefficient (Wildman–Crippen LogP) is 2.77. The monoisotopic (exact) mass is 262 g/mol. The minimum absolute atomic E-state index is 0.416. The van der Waals surface area contributed by atoms with Gasteiger partial charge >= 0.3 is 0 Å². The molecule has 1 aromatic heterocycles. The molecular formula is C13H18N4S. The molecule has 0 aliphatic heterocycles. The Bertz CT molecular complexity index is 529. The molecular weight excluding hydrogens is 244 g/mol. The minimum atomic E-state index is 0.416. The highest BCUT2D eigenvalue weighted by molar-refractivity contribution is 7.98. The Kier molecular flexibility index (Phi) is 4.25. The fourth-order valence-corrected chi connectivity index (χ4v) is 2.57. The van der Waals surface area contributed by atoms with Crippen LogP contribution in [-0.4, -0.2) is 28.0 Å². The van der Waals surface area contributed by atoms with Crippen molar-refractivity contribution < 1.29 is 0 Å². The minimum Gasteiger partial charge on any atom is -0.399 e. The molecule has 0 saturated carbocycles.